The van der Waals surface area contributed by atoms with Crippen molar-refractivity contribution in [1.82, 2.24) is 9.80 Å². The van der Waals surface area contributed by atoms with E-state index in [1.807, 2.05) is 36.4 Å². The molecule has 0 aromatic heterocycles. The molecular weight excluding hydrogens is 340 g/mol. The van der Waals surface area contributed by atoms with Crippen LogP contribution >= 0.6 is 0 Å². The van der Waals surface area contributed by atoms with E-state index in [1.165, 1.54) is 5.56 Å². The Morgan fingerprint density at radius 1 is 1.07 bits per heavy atom. The molecule has 0 N–H and O–H groups in total. The first-order valence-corrected chi connectivity index (χ1v) is 9.33. The van der Waals surface area contributed by atoms with Crippen LogP contribution in [0.25, 0.3) is 0 Å². The Bertz CT molecular complexity index is 779. The van der Waals surface area contributed by atoms with E-state index >= 15 is 0 Å². The number of hydrogen-bond acceptors (Lipinski definition) is 4. The summed E-state index contributed by atoms with van der Waals surface area (Å²) in [6, 6.07) is 19.2. The molecule has 2 aromatic carbocycles. The lowest BCUT2D eigenvalue weighted by atomic mass is 9.95. The number of carbonyl (C=O) groups is 2. The van der Waals surface area contributed by atoms with E-state index in [4.69, 9.17) is 4.74 Å². The Labute approximate surface area is 160 Å². The number of hydrogen-bond donors (Lipinski definition) is 0. The largest absolute Gasteiger partial charge is 0.464 e. The molecule has 142 valence electrons. The number of nitrogens with zero attached hydrogens (tertiary/aromatic N) is 2. The first-order valence-electron chi connectivity index (χ1n) is 9.33. The van der Waals surface area contributed by atoms with Gasteiger partial charge in [0.2, 0.25) is 0 Å². The zero-order chi connectivity index (χ0) is 19.3. The maximum atomic E-state index is 13.0. The average molecular weight is 366 g/mol. The van der Waals surface area contributed by atoms with Crippen LogP contribution in [0.15, 0.2) is 60.7 Å². The summed E-state index contributed by atoms with van der Waals surface area (Å²) in [4.78, 5) is 29.7. The van der Waals surface area contributed by atoms with Crippen molar-refractivity contribution < 1.29 is 14.3 Å². The number of amides is 1. The molecule has 0 aliphatic carbocycles. The first-order chi connectivity index (χ1) is 13.1. The molecule has 1 aliphatic rings. The van der Waals surface area contributed by atoms with Crippen molar-refractivity contribution in [2.24, 2.45) is 0 Å². The van der Waals surface area contributed by atoms with Gasteiger partial charge < -0.3 is 9.64 Å². The fourth-order valence-corrected chi connectivity index (χ4v) is 3.66. The van der Waals surface area contributed by atoms with E-state index in [0.29, 0.717) is 25.1 Å². The summed E-state index contributed by atoms with van der Waals surface area (Å²) in [5.74, 6) is -0.488. The summed E-state index contributed by atoms with van der Waals surface area (Å²) < 4.78 is 5.38. The number of likely N-dealkylation sites (tertiary alicyclic amines) is 1. The minimum atomic E-state index is -0.961. The normalized spacial score (nSPS) is 19.6. The summed E-state index contributed by atoms with van der Waals surface area (Å²) in [5.41, 5.74) is 0.803. The van der Waals surface area contributed by atoms with Crippen LogP contribution in [0.3, 0.4) is 0 Å². The second kappa shape index (κ2) is 8.35. The molecular formula is C22H26N2O3. The van der Waals surface area contributed by atoms with Gasteiger partial charge in [-0.15, -0.1) is 0 Å². The molecule has 0 radical (unpaired) electrons. The zero-order valence-corrected chi connectivity index (χ0v) is 15.9. The molecule has 0 unspecified atom stereocenters. The third-order valence-corrected chi connectivity index (χ3v) is 5.20. The van der Waals surface area contributed by atoms with E-state index in [0.717, 1.165) is 13.1 Å². The van der Waals surface area contributed by atoms with Crippen molar-refractivity contribution in [3.8, 4) is 0 Å². The van der Waals surface area contributed by atoms with Crippen molar-refractivity contribution in [3.05, 3.63) is 71.8 Å². The Hall–Kier alpha value is -2.66. The monoisotopic (exact) mass is 366 g/mol. The molecule has 2 aromatic rings. The van der Waals surface area contributed by atoms with Crippen LogP contribution in [0.1, 0.15) is 29.3 Å². The highest BCUT2D eigenvalue weighted by Gasteiger charge is 2.51. The second-order valence-corrected chi connectivity index (χ2v) is 6.93. The lowest BCUT2D eigenvalue weighted by Crippen LogP contribution is -2.57. The summed E-state index contributed by atoms with van der Waals surface area (Å²) in [7, 11) is 1.71. The van der Waals surface area contributed by atoms with E-state index in [-0.39, 0.29) is 11.9 Å². The van der Waals surface area contributed by atoms with Crippen molar-refractivity contribution in [2.75, 3.05) is 26.7 Å². The molecule has 1 saturated heterocycles. The molecule has 1 heterocycles. The van der Waals surface area contributed by atoms with E-state index in [1.54, 1.807) is 31.0 Å². The highest BCUT2D eigenvalue weighted by molar-refractivity contribution is 5.98. The third-order valence-electron chi connectivity index (χ3n) is 5.20. The molecule has 5 heteroatoms. The fraction of sp³-hybridized carbons (Fsp3) is 0.364. The van der Waals surface area contributed by atoms with Crippen LogP contribution in [0.4, 0.5) is 0 Å². The summed E-state index contributed by atoms with van der Waals surface area (Å²) in [6.07, 6.45) is 0.563. The number of likely N-dealkylation sites (N-methyl/N-ethyl adjacent to an activating group) is 1. The quantitative estimate of drug-likeness (QED) is 0.738. The predicted octanol–water partition coefficient (Wildman–Crippen LogP) is 2.97. The molecule has 0 spiro atoms. The number of esters is 1. The van der Waals surface area contributed by atoms with Crippen LogP contribution < -0.4 is 0 Å². The minimum absolute atomic E-state index is 0.162. The van der Waals surface area contributed by atoms with Gasteiger partial charge in [0.1, 0.15) is 0 Å². The highest BCUT2D eigenvalue weighted by atomic mass is 16.5. The molecule has 0 saturated carbocycles. The first kappa shape index (κ1) is 19.1. The molecule has 5 nitrogen and oxygen atoms in total. The van der Waals surface area contributed by atoms with E-state index in [9.17, 15) is 9.59 Å². The highest BCUT2D eigenvalue weighted by Crippen LogP contribution is 2.31. The molecule has 1 fully saturated rings. The van der Waals surface area contributed by atoms with Gasteiger partial charge in [0.15, 0.2) is 5.54 Å². The smallest absolute Gasteiger partial charge is 0.333 e. The predicted molar refractivity (Wildman–Crippen MR) is 104 cm³/mol. The third kappa shape index (κ3) is 4.03. The lowest BCUT2D eigenvalue weighted by molar-refractivity contribution is -0.155. The van der Waals surface area contributed by atoms with Gasteiger partial charge in [-0.1, -0.05) is 48.5 Å². The molecule has 0 bridgehead atoms. The number of rotatable bonds is 6. The lowest BCUT2D eigenvalue weighted by Gasteiger charge is -2.36. The molecule has 1 aliphatic heterocycles. The van der Waals surface area contributed by atoms with Crippen molar-refractivity contribution in [1.29, 1.82) is 0 Å². The average Bonchev–Trinajstić information content (AvgIpc) is 3.13. The van der Waals surface area contributed by atoms with Crippen molar-refractivity contribution in [2.45, 2.75) is 25.4 Å². The molecule has 27 heavy (non-hydrogen) atoms. The molecule has 1 amide bonds. The van der Waals surface area contributed by atoms with E-state index < -0.39 is 5.54 Å². The van der Waals surface area contributed by atoms with E-state index in [2.05, 4.69) is 17.0 Å². The van der Waals surface area contributed by atoms with Crippen molar-refractivity contribution >= 4 is 11.9 Å². The number of benzene rings is 2. The maximum Gasteiger partial charge on any atom is 0.333 e. The summed E-state index contributed by atoms with van der Waals surface area (Å²) >= 11 is 0. The Balaban J connectivity index is 1.83. The van der Waals surface area contributed by atoms with Gasteiger partial charge in [0.25, 0.3) is 5.91 Å². The topological polar surface area (TPSA) is 49.9 Å². The van der Waals surface area contributed by atoms with Crippen LogP contribution in [-0.4, -0.2) is 54.0 Å². The fourth-order valence-electron chi connectivity index (χ4n) is 3.66. The van der Waals surface area contributed by atoms with Gasteiger partial charge in [-0.2, -0.15) is 0 Å². The number of ether oxygens (including phenoxy) is 1. The Kier molecular flexibility index (Phi) is 5.91. The summed E-state index contributed by atoms with van der Waals surface area (Å²) in [6.45, 7) is 4.04. The van der Waals surface area contributed by atoms with Gasteiger partial charge in [-0.3, -0.25) is 9.69 Å². The zero-order valence-electron chi connectivity index (χ0n) is 15.9. The Morgan fingerprint density at radius 2 is 1.70 bits per heavy atom. The minimum Gasteiger partial charge on any atom is -0.464 e. The van der Waals surface area contributed by atoms with Gasteiger partial charge in [0, 0.05) is 32.2 Å². The van der Waals surface area contributed by atoms with Gasteiger partial charge in [-0.25, -0.2) is 4.79 Å². The van der Waals surface area contributed by atoms with Gasteiger partial charge in [0.05, 0.1) is 6.61 Å². The molecule has 3 rings (SSSR count). The SMILES string of the molecule is CCOC(=O)[C@@]1(N(C)C(=O)c2ccccc2)CCN(Cc2ccccc2)C1. The van der Waals surface area contributed by atoms with Crippen LogP contribution in [0, 0.1) is 0 Å². The van der Waals surface area contributed by atoms with Crippen molar-refractivity contribution in [3.63, 3.8) is 0 Å². The van der Waals surface area contributed by atoms with Crippen LogP contribution in [-0.2, 0) is 16.1 Å². The standard InChI is InChI=1S/C22H26N2O3/c1-3-27-21(26)22(23(2)20(25)19-12-8-5-9-13-19)14-15-24(17-22)16-18-10-6-4-7-11-18/h4-13H,3,14-17H2,1-2H3/t22-/m1/s1. The second-order valence-electron chi connectivity index (χ2n) is 6.93. The van der Waals surface area contributed by atoms with Crippen LogP contribution in [0.5, 0.6) is 0 Å². The number of carbonyl (C=O) groups excluding carboxylic acids is 2. The van der Waals surface area contributed by atoms with Crippen LogP contribution in [0.2, 0.25) is 0 Å². The van der Waals surface area contributed by atoms with Gasteiger partial charge >= 0.3 is 5.97 Å². The Morgan fingerprint density at radius 3 is 2.33 bits per heavy atom. The maximum absolute atomic E-state index is 13.0. The van der Waals surface area contributed by atoms with Gasteiger partial charge in [-0.05, 0) is 31.0 Å². The molecule has 1 atom stereocenters. The summed E-state index contributed by atoms with van der Waals surface area (Å²) in [5, 5.41) is 0.